The van der Waals surface area contributed by atoms with Crippen molar-refractivity contribution in [3.05, 3.63) is 51.3 Å². The van der Waals surface area contributed by atoms with Crippen LogP contribution < -0.4 is 4.74 Å². The van der Waals surface area contributed by atoms with Crippen LogP contribution in [0.25, 0.3) is 0 Å². The third kappa shape index (κ3) is 2.65. The fraction of sp³-hybridized carbons (Fsp3) is 0.167. The molecule has 0 radical (unpaired) electrons. The molecule has 1 N–H and O–H groups in total. The summed E-state index contributed by atoms with van der Waals surface area (Å²) < 4.78 is 11.2. The van der Waals surface area contributed by atoms with Gasteiger partial charge in [0.1, 0.15) is 17.6 Å². The van der Waals surface area contributed by atoms with Crippen molar-refractivity contribution in [1.29, 1.82) is 0 Å². The molecular weight excluding hydrogens is 307 g/mol. The molecule has 0 saturated heterocycles. The molecule has 0 amide bonds. The first-order valence-corrected chi connectivity index (χ1v) is 6.05. The molecule has 0 aliphatic carbocycles. The van der Waals surface area contributed by atoms with Gasteiger partial charge in [-0.2, -0.15) is 0 Å². The van der Waals surface area contributed by atoms with Gasteiger partial charge in [-0.1, -0.05) is 15.9 Å². The van der Waals surface area contributed by atoms with E-state index in [0.29, 0.717) is 17.1 Å². The number of aliphatic hydroxyl groups is 1. The summed E-state index contributed by atoms with van der Waals surface area (Å²) >= 11 is 9.03. The van der Waals surface area contributed by atoms with E-state index in [1.54, 1.807) is 31.4 Å². The Morgan fingerprint density at radius 1 is 1.35 bits per heavy atom. The van der Waals surface area contributed by atoms with Crippen LogP contribution in [0.15, 0.2) is 39.2 Å². The van der Waals surface area contributed by atoms with E-state index in [9.17, 15) is 5.11 Å². The summed E-state index contributed by atoms with van der Waals surface area (Å²) in [6.07, 6.45) is -0.907. The number of halogens is 2. The summed E-state index contributed by atoms with van der Waals surface area (Å²) in [5, 5.41) is 10.4. The molecule has 0 fully saturated rings. The Kier molecular flexibility index (Phi) is 3.76. The second-order valence-electron chi connectivity index (χ2n) is 3.43. The molecule has 0 spiro atoms. The van der Waals surface area contributed by atoms with Gasteiger partial charge in [0.25, 0.3) is 0 Å². The van der Waals surface area contributed by atoms with E-state index in [1.807, 2.05) is 6.07 Å². The fourth-order valence-electron chi connectivity index (χ4n) is 1.55. The number of hydrogen-bond acceptors (Lipinski definition) is 3. The van der Waals surface area contributed by atoms with Crippen LogP contribution in [0.1, 0.15) is 17.4 Å². The minimum absolute atomic E-state index is 0.244. The van der Waals surface area contributed by atoms with E-state index >= 15 is 0 Å². The Morgan fingerprint density at radius 3 is 2.71 bits per heavy atom. The average Bonchev–Trinajstić information content (AvgIpc) is 2.75. The third-order valence-electron chi connectivity index (χ3n) is 2.35. The smallest absolute Gasteiger partial charge is 0.193 e. The van der Waals surface area contributed by atoms with Crippen molar-refractivity contribution >= 4 is 27.5 Å². The largest absolute Gasteiger partial charge is 0.496 e. The van der Waals surface area contributed by atoms with Crippen molar-refractivity contribution < 1.29 is 14.3 Å². The van der Waals surface area contributed by atoms with E-state index in [-0.39, 0.29) is 5.22 Å². The Labute approximate surface area is 112 Å². The molecule has 2 aromatic rings. The van der Waals surface area contributed by atoms with Gasteiger partial charge in [0.2, 0.25) is 0 Å². The van der Waals surface area contributed by atoms with Crippen LogP contribution in [-0.4, -0.2) is 12.2 Å². The highest BCUT2D eigenvalue weighted by Crippen LogP contribution is 2.33. The molecule has 2 rings (SSSR count). The molecule has 1 aromatic carbocycles. The minimum Gasteiger partial charge on any atom is -0.496 e. The number of ether oxygens (including phenoxy) is 1. The van der Waals surface area contributed by atoms with Crippen LogP contribution >= 0.6 is 27.5 Å². The van der Waals surface area contributed by atoms with E-state index in [2.05, 4.69) is 15.9 Å². The van der Waals surface area contributed by atoms with Gasteiger partial charge < -0.3 is 14.3 Å². The Balaban J connectivity index is 2.42. The van der Waals surface area contributed by atoms with Gasteiger partial charge in [0.05, 0.1) is 7.11 Å². The van der Waals surface area contributed by atoms with Gasteiger partial charge >= 0.3 is 0 Å². The van der Waals surface area contributed by atoms with Crippen molar-refractivity contribution in [3.63, 3.8) is 0 Å². The van der Waals surface area contributed by atoms with Gasteiger partial charge in [-0.15, -0.1) is 0 Å². The zero-order valence-electron chi connectivity index (χ0n) is 8.98. The highest BCUT2D eigenvalue weighted by atomic mass is 79.9. The van der Waals surface area contributed by atoms with Crippen molar-refractivity contribution in [2.24, 2.45) is 0 Å². The van der Waals surface area contributed by atoms with Crippen molar-refractivity contribution in [1.82, 2.24) is 0 Å². The van der Waals surface area contributed by atoms with E-state index in [4.69, 9.17) is 20.8 Å². The summed E-state index contributed by atoms with van der Waals surface area (Å²) in [6.45, 7) is 0. The lowest BCUT2D eigenvalue weighted by Gasteiger charge is -2.13. The number of hydrogen-bond donors (Lipinski definition) is 1. The lowest BCUT2D eigenvalue weighted by Crippen LogP contribution is -2.01. The molecule has 0 aliphatic rings. The molecule has 0 saturated carbocycles. The number of furan rings is 1. The highest BCUT2D eigenvalue weighted by molar-refractivity contribution is 9.10. The molecule has 3 nitrogen and oxygen atoms in total. The molecule has 0 bridgehead atoms. The predicted molar refractivity (Wildman–Crippen MR) is 68.5 cm³/mol. The second-order valence-corrected chi connectivity index (χ2v) is 4.72. The van der Waals surface area contributed by atoms with Crippen LogP contribution in [0, 0.1) is 0 Å². The number of methoxy groups -OCH3 is 1. The Bertz CT molecular complexity index is 524. The van der Waals surface area contributed by atoms with Crippen LogP contribution in [-0.2, 0) is 0 Å². The van der Waals surface area contributed by atoms with Gasteiger partial charge in [0.15, 0.2) is 5.22 Å². The molecule has 1 unspecified atom stereocenters. The number of benzene rings is 1. The Morgan fingerprint density at radius 2 is 2.12 bits per heavy atom. The summed E-state index contributed by atoms with van der Waals surface area (Å²) in [5.74, 6) is 0.972. The maximum absolute atomic E-state index is 10.2. The molecule has 5 heteroatoms. The molecular formula is C12H10BrClO3. The molecule has 1 aromatic heterocycles. The van der Waals surface area contributed by atoms with Crippen LogP contribution in [0.3, 0.4) is 0 Å². The quantitative estimate of drug-likeness (QED) is 0.936. The zero-order valence-corrected chi connectivity index (χ0v) is 11.3. The van der Waals surface area contributed by atoms with E-state index in [0.717, 1.165) is 4.47 Å². The molecule has 0 aliphatic heterocycles. The predicted octanol–water partition coefficient (Wildman–Crippen LogP) is 3.79. The highest BCUT2D eigenvalue weighted by Gasteiger charge is 2.19. The van der Waals surface area contributed by atoms with Gasteiger partial charge in [-0.3, -0.25) is 0 Å². The zero-order chi connectivity index (χ0) is 12.4. The first-order chi connectivity index (χ1) is 8.11. The van der Waals surface area contributed by atoms with Gasteiger partial charge in [-0.05, 0) is 41.9 Å². The first kappa shape index (κ1) is 12.5. The number of rotatable bonds is 3. The molecule has 1 atom stereocenters. The standard InChI is InChI=1S/C12H10BrClO3/c1-16-9-3-2-7(13)6-8(9)12(15)10-4-5-11(14)17-10/h2-6,12,15H,1H3. The Hall–Kier alpha value is -0.970. The normalized spacial score (nSPS) is 12.5. The van der Waals surface area contributed by atoms with Gasteiger partial charge in [0, 0.05) is 10.0 Å². The summed E-state index contributed by atoms with van der Waals surface area (Å²) in [6, 6.07) is 8.61. The van der Waals surface area contributed by atoms with E-state index in [1.165, 1.54) is 0 Å². The summed E-state index contributed by atoms with van der Waals surface area (Å²) in [4.78, 5) is 0. The lowest BCUT2D eigenvalue weighted by molar-refractivity contribution is 0.185. The summed E-state index contributed by atoms with van der Waals surface area (Å²) in [7, 11) is 1.55. The van der Waals surface area contributed by atoms with Crippen molar-refractivity contribution in [2.45, 2.75) is 6.10 Å². The summed E-state index contributed by atoms with van der Waals surface area (Å²) in [5.41, 5.74) is 0.618. The van der Waals surface area contributed by atoms with Gasteiger partial charge in [-0.25, -0.2) is 0 Å². The molecule has 90 valence electrons. The third-order valence-corrected chi connectivity index (χ3v) is 3.05. The molecule has 17 heavy (non-hydrogen) atoms. The first-order valence-electron chi connectivity index (χ1n) is 4.88. The van der Waals surface area contributed by atoms with Crippen LogP contribution in [0.2, 0.25) is 5.22 Å². The van der Waals surface area contributed by atoms with Crippen molar-refractivity contribution in [2.75, 3.05) is 7.11 Å². The monoisotopic (exact) mass is 316 g/mol. The van der Waals surface area contributed by atoms with E-state index < -0.39 is 6.10 Å². The topological polar surface area (TPSA) is 42.6 Å². The second kappa shape index (κ2) is 5.12. The maximum Gasteiger partial charge on any atom is 0.193 e. The van der Waals surface area contributed by atoms with Crippen LogP contribution in [0.4, 0.5) is 0 Å². The SMILES string of the molecule is COc1ccc(Br)cc1C(O)c1ccc(Cl)o1. The maximum atomic E-state index is 10.2. The molecule has 1 heterocycles. The fourth-order valence-corrected chi connectivity index (χ4v) is 2.08. The average molecular weight is 318 g/mol. The minimum atomic E-state index is -0.907. The van der Waals surface area contributed by atoms with Crippen LogP contribution in [0.5, 0.6) is 5.75 Å². The van der Waals surface area contributed by atoms with Crippen molar-refractivity contribution in [3.8, 4) is 5.75 Å². The number of aliphatic hydroxyl groups excluding tert-OH is 1. The lowest BCUT2D eigenvalue weighted by atomic mass is 10.1.